The highest BCUT2D eigenvalue weighted by Gasteiger charge is 2.28. The summed E-state index contributed by atoms with van der Waals surface area (Å²) < 4.78 is 63.4. The van der Waals surface area contributed by atoms with Gasteiger partial charge in [0.15, 0.2) is 0 Å². The highest BCUT2D eigenvalue weighted by atomic mass is 35.5. The number of nitrogens with one attached hydrogen (secondary N) is 1. The molecule has 0 aromatic heterocycles. The quantitative estimate of drug-likeness (QED) is 0.720. The second-order valence-electron chi connectivity index (χ2n) is 5.88. The molecule has 0 saturated heterocycles. The van der Waals surface area contributed by atoms with Crippen LogP contribution >= 0.6 is 11.6 Å². The molecule has 0 atom stereocenters. The molecule has 152 valence electrons. The van der Waals surface area contributed by atoms with Crippen LogP contribution in [-0.2, 0) is 16.6 Å². The summed E-state index contributed by atoms with van der Waals surface area (Å²) in [5, 5.41) is 2.22. The number of amides is 1. The van der Waals surface area contributed by atoms with Crippen LogP contribution in [0.1, 0.15) is 22.8 Å². The minimum Gasteiger partial charge on any atom is -0.343 e. The number of alkyl halides is 3. The van der Waals surface area contributed by atoms with Gasteiger partial charge >= 0.3 is 6.18 Å². The van der Waals surface area contributed by atoms with Crippen LogP contribution in [0.4, 0.5) is 13.2 Å². The molecule has 0 fully saturated rings. The van der Waals surface area contributed by atoms with Crippen molar-refractivity contribution in [3.8, 4) is 0 Å². The molecule has 0 radical (unpaired) electrons. The maximum absolute atomic E-state index is 12.8. The van der Waals surface area contributed by atoms with Gasteiger partial charge in [0.1, 0.15) is 6.54 Å². The Bertz CT molecular complexity index is 932. The summed E-state index contributed by atoms with van der Waals surface area (Å²) in [6.45, 7) is 0.520. The van der Waals surface area contributed by atoms with Gasteiger partial charge in [-0.3, -0.25) is 4.79 Å². The molecule has 2 aromatic carbocycles. The third-order valence-electron chi connectivity index (χ3n) is 3.80. The number of sulfonamides is 1. The van der Waals surface area contributed by atoms with E-state index in [-0.39, 0.29) is 23.5 Å². The molecule has 0 spiro atoms. The smallest absolute Gasteiger partial charge is 0.343 e. The maximum Gasteiger partial charge on any atom is 0.405 e. The topological polar surface area (TPSA) is 66.5 Å². The zero-order chi connectivity index (χ0) is 20.9. The van der Waals surface area contributed by atoms with Gasteiger partial charge in [0, 0.05) is 23.7 Å². The number of benzene rings is 2. The Hall–Kier alpha value is -2.10. The van der Waals surface area contributed by atoms with Gasteiger partial charge in [-0.1, -0.05) is 30.7 Å². The first kappa shape index (κ1) is 22.2. The van der Waals surface area contributed by atoms with E-state index in [2.05, 4.69) is 0 Å². The van der Waals surface area contributed by atoms with Crippen molar-refractivity contribution in [2.75, 3.05) is 13.1 Å². The standard InChI is InChI=1S/C18H18ClF3N2O3S/c1-2-24(11-13-4-3-5-15(19)10-13)28(26,27)16-8-6-14(7-9-16)17(25)23-12-18(20,21)22/h3-10H,2,11-12H2,1H3,(H,23,25). The average Bonchev–Trinajstić information content (AvgIpc) is 2.63. The van der Waals surface area contributed by atoms with Gasteiger partial charge < -0.3 is 5.32 Å². The van der Waals surface area contributed by atoms with Crippen LogP contribution in [0.25, 0.3) is 0 Å². The van der Waals surface area contributed by atoms with Crippen molar-refractivity contribution in [1.29, 1.82) is 0 Å². The molecule has 0 unspecified atom stereocenters. The van der Waals surface area contributed by atoms with Crippen LogP contribution in [0.5, 0.6) is 0 Å². The highest BCUT2D eigenvalue weighted by molar-refractivity contribution is 7.89. The summed E-state index contributed by atoms with van der Waals surface area (Å²) in [7, 11) is -3.86. The van der Waals surface area contributed by atoms with E-state index in [4.69, 9.17) is 11.6 Å². The fourth-order valence-electron chi connectivity index (χ4n) is 2.42. The van der Waals surface area contributed by atoms with Gasteiger partial charge in [0.05, 0.1) is 4.90 Å². The number of hydrogen-bond donors (Lipinski definition) is 1. The second-order valence-corrected chi connectivity index (χ2v) is 8.26. The third kappa shape index (κ3) is 5.95. The van der Waals surface area contributed by atoms with Gasteiger partial charge in [-0.2, -0.15) is 17.5 Å². The summed E-state index contributed by atoms with van der Waals surface area (Å²) in [5.41, 5.74) is 0.641. The lowest BCUT2D eigenvalue weighted by Gasteiger charge is -2.21. The van der Waals surface area contributed by atoms with E-state index in [1.807, 2.05) is 0 Å². The van der Waals surface area contributed by atoms with E-state index in [1.54, 1.807) is 36.5 Å². The van der Waals surface area contributed by atoms with Gasteiger partial charge in [-0.25, -0.2) is 8.42 Å². The number of halogens is 4. The van der Waals surface area contributed by atoms with Crippen molar-refractivity contribution in [2.45, 2.75) is 24.5 Å². The van der Waals surface area contributed by atoms with Crippen LogP contribution in [0.2, 0.25) is 5.02 Å². The van der Waals surface area contributed by atoms with Crippen molar-refractivity contribution in [1.82, 2.24) is 9.62 Å². The molecule has 10 heteroatoms. The Morgan fingerprint density at radius 1 is 1.14 bits per heavy atom. The molecule has 28 heavy (non-hydrogen) atoms. The van der Waals surface area contributed by atoms with E-state index in [9.17, 15) is 26.4 Å². The SMILES string of the molecule is CCN(Cc1cccc(Cl)c1)S(=O)(=O)c1ccc(C(=O)NCC(F)(F)F)cc1. The lowest BCUT2D eigenvalue weighted by Crippen LogP contribution is -2.33. The van der Waals surface area contributed by atoms with Crippen LogP contribution in [-0.4, -0.2) is 37.9 Å². The lowest BCUT2D eigenvalue weighted by molar-refractivity contribution is -0.123. The zero-order valence-electron chi connectivity index (χ0n) is 14.8. The van der Waals surface area contributed by atoms with E-state index in [0.29, 0.717) is 10.6 Å². The Labute approximate surface area is 166 Å². The summed E-state index contributed by atoms with van der Waals surface area (Å²) in [5.74, 6) is -0.937. The number of nitrogens with zero attached hydrogens (tertiary/aromatic N) is 1. The van der Waals surface area contributed by atoms with Crippen molar-refractivity contribution in [3.05, 3.63) is 64.7 Å². The molecule has 0 saturated carbocycles. The summed E-state index contributed by atoms with van der Waals surface area (Å²) >= 11 is 5.93. The predicted molar refractivity (Wildman–Crippen MR) is 99.6 cm³/mol. The highest BCUT2D eigenvalue weighted by Crippen LogP contribution is 2.20. The average molecular weight is 435 g/mol. The molecule has 2 aromatic rings. The third-order valence-corrected chi connectivity index (χ3v) is 5.97. The Kier molecular flexibility index (Phi) is 7.08. The van der Waals surface area contributed by atoms with Crippen LogP contribution in [0.3, 0.4) is 0 Å². The van der Waals surface area contributed by atoms with E-state index in [0.717, 1.165) is 0 Å². The molecule has 0 aliphatic rings. The van der Waals surface area contributed by atoms with Gasteiger partial charge in [0.2, 0.25) is 10.0 Å². The fourth-order valence-corrected chi connectivity index (χ4v) is 4.07. The van der Waals surface area contributed by atoms with Crippen molar-refractivity contribution in [2.24, 2.45) is 0 Å². The molecular formula is C18H18ClF3N2O3S. The van der Waals surface area contributed by atoms with Crippen LogP contribution < -0.4 is 5.32 Å². The minimum absolute atomic E-state index is 0.0660. The maximum atomic E-state index is 12.8. The second kappa shape index (κ2) is 8.93. The summed E-state index contributed by atoms with van der Waals surface area (Å²) in [6, 6.07) is 11.5. The molecule has 2 rings (SSSR count). The fraction of sp³-hybridized carbons (Fsp3) is 0.278. The van der Waals surface area contributed by atoms with Crippen molar-refractivity contribution in [3.63, 3.8) is 0 Å². The zero-order valence-corrected chi connectivity index (χ0v) is 16.4. The Morgan fingerprint density at radius 2 is 1.79 bits per heavy atom. The molecule has 0 heterocycles. The van der Waals surface area contributed by atoms with Gasteiger partial charge in [-0.05, 0) is 42.0 Å². The number of hydrogen-bond acceptors (Lipinski definition) is 3. The summed E-state index contributed by atoms with van der Waals surface area (Å²) in [6.07, 6.45) is -4.53. The Morgan fingerprint density at radius 3 is 2.32 bits per heavy atom. The number of carbonyl (C=O) groups excluding carboxylic acids is 1. The number of rotatable bonds is 7. The first-order valence-electron chi connectivity index (χ1n) is 8.22. The Balaban J connectivity index is 2.16. The molecular weight excluding hydrogens is 417 g/mol. The molecule has 1 N–H and O–H groups in total. The molecule has 5 nitrogen and oxygen atoms in total. The predicted octanol–water partition coefficient (Wildman–Crippen LogP) is 3.84. The largest absolute Gasteiger partial charge is 0.405 e. The normalized spacial score (nSPS) is 12.2. The van der Waals surface area contributed by atoms with Gasteiger partial charge in [-0.15, -0.1) is 0 Å². The van der Waals surface area contributed by atoms with Crippen molar-refractivity contribution < 1.29 is 26.4 Å². The first-order chi connectivity index (χ1) is 13.0. The molecule has 1 amide bonds. The number of carbonyl (C=O) groups is 1. The monoisotopic (exact) mass is 434 g/mol. The van der Waals surface area contributed by atoms with Crippen molar-refractivity contribution >= 4 is 27.5 Å². The minimum atomic E-state index is -4.53. The molecule has 0 bridgehead atoms. The van der Waals surface area contributed by atoms with E-state index in [1.165, 1.54) is 28.6 Å². The van der Waals surface area contributed by atoms with Crippen LogP contribution in [0, 0.1) is 0 Å². The summed E-state index contributed by atoms with van der Waals surface area (Å²) in [4.78, 5) is 11.7. The molecule has 0 aliphatic carbocycles. The van der Waals surface area contributed by atoms with E-state index >= 15 is 0 Å². The van der Waals surface area contributed by atoms with Gasteiger partial charge in [0.25, 0.3) is 5.91 Å². The molecule has 0 aliphatic heterocycles. The van der Waals surface area contributed by atoms with E-state index < -0.39 is 28.7 Å². The first-order valence-corrected chi connectivity index (χ1v) is 10.0. The lowest BCUT2D eigenvalue weighted by atomic mass is 10.2. The van der Waals surface area contributed by atoms with Crippen LogP contribution in [0.15, 0.2) is 53.4 Å².